The van der Waals surface area contributed by atoms with Gasteiger partial charge in [0, 0.05) is 24.9 Å². The number of methoxy groups -OCH3 is 3. The lowest BCUT2D eigenvalue weighted by atomic mass is 9.94. The van der Waals surface area contributed by atoms with E-state index < -0.39 is 4.92 Å². The number of nitro benzene ring substituents is 1. The third-order valence-corrected chi connectivity index (χ3v) is 5.42. The van der Waals surface area contributed by atoms with Crippen LogP contribution in [0.3, 0.4) is 0 Å². The Kier molecular flexibility index (Phi) is 5.79. The normalized spacial score (nSPS) is 14.6. The highest BCUT2D eigenvalue weighted by Crippen LogP contribution is 2.40. The van der Waals surface area contributed by atoms with Crippen molar-refractivity contribution in [1.82, 2.24) is 4.90 Å². The summed E-state index contributed by atoms with van der Waals surface area (Å²) >= 11 is 3.42. The fraction of sp³-hybridized carbons (Fsp3) is 0.300. The Labute approximate surface area is 171 Å². The quantitative estimate of drug-likeness (QED) is 0.499. The van der Waals surface area contributed by atoms with Gasteiger partial charge in [-0.15, -0.1) is 0 Å². The molecule has 0 fully saturated rings. The summed E-state index contributed by atoms with van der Waals surface area (Å²) in [5.41, 5.74) is 3.42. The van der Waals surface area contributed by atoms with Crippen molar-refractivity contribution in [3.63, 3.8) is 0 Å². The highest BCUT2D eigenvalue weighted by Gasteiger charge is 2.24. The molecule has 0 amide bonds. The molecule has 2 aromatic carbocycles. The Morgan fingerprint density at radius 1 is 1.07 bits per heavy atom. The van der Waals surface area contributed by atoms with E-state index in [9.17, 15) is 10.1 Å². The molecule has 0 atom stereocenters. The SMILES string of the molecule is COc1cc([N+](=O)[O-])c(/C=C2/c3cc(OC)c(OC)cc3CCN2C)cc1Br. The first-order valence-electron chi connectivity index (χ1n) is 8.59. The maximum atomic E-state index is 11.6. The van der Waals surface area contributed by atoms with E-state index in [-0.39, 0.29) is 5.69 Å². The highest BCUT2D eigenvalue weighted by molar-refractivity contribution is 9.10. The van der Waals surface area contributed by atoms with Crippen molar-refractivity contribution in [1.29, 1.82) is 0 Å². The van der Waals surface area contributed by atoms with Gasteiger partial charge in [0.25, 0.3) is 5.69 Å². The summed E-state index contributed by atoms with van der Waals surface area (Å²) in [5.74, 6) is 1.70. The fourth-order valence-electron chi connectivity index (χ4n) is 3.30. The molecule has 1 aliphatic heterocycles. The zero-order valence-corrected chi connectivity index (χ0v) is 17.7. The molecule has 28 heavy (non-hydrogen) atoms. The molecule has 8 heteroatoms. The number of likely N-dealkylation sites (N-methyl/N-ethyl adjacent to an activating group) is 1. The third-order valence-electron chi connectivity index (χ3n) is 4.80. The molecular formula is C20H21BrN2O5. The molecule has 0 bridgehead atoms. The third kappa shape index (κ3) is 3.64. The Morgan fingerprint density at radius 2 is 1.71 bits per heavy atom. The van der Waals surface area contributed by atoms with Crippen molar-refractivity contribution in [3.8, 4) is 17.2 Å². The zero-order valence-electron chi connectivity index (χ0n) is 16.1. The lowest BCUT2D eigenvalue weighted by molar-refractivity contribution is -0.385. The van der Waals surface area contributed by atoms with Crippen molar-refractivity contribution >= 4 is 33.4 Å². The van der Waals surface area contributed by atoms with E-state index >= 15 is 0 Å². The molecule has 0 saturated carbocycles. The van der Waals surface area contributed by atoms with Gasteiger partial charge in [-0.3, -0.25) is 10.1 Å². The number of benzene rings is 2. The molecule has 148 valence electrons. The van der Waals surface area contributed by atoms with Crippen molar-refractivity contribution in [2.75, 3.05) is 34.9 Å². The predicted octanol–water partition coefficient (Wildman–Crippen LogP) is 4.37. The van der Waals surface area contributed by atoms with Crippen LogP contribution in [0.2, 0.25) is 0 Å². The predicted molar refractivity (Wildman–Crippen MR) is 111 cm³/mol. The van der Waals surface area contributed by atoms with Crippen LogP contribution in [-0.2, 0) is 6.42 Å². The van der Waals surface area contributed by atoms with Crippen LogP contribution in [-0.4, -0.2) is 44.7 Å². The molecule has 1 heterocycles. The minimum absolute atomic E-state index is 0.0199. The van der Waals surface area contributed by atoms with E-state index in [0.717, 1.165) is 29.8 Å². The number of hydrogen-bond acceptors (Lipinski definition) is 6. The van der Waals surface area contributed by atoms with E-state index in [0.29, 0.717) is 27.3 Å². The fourth-order valence-corrected chi connectivity index (χ4v) is 3.83. The smallest absolute Gasteiger partial charge is 0.280 e. The van der Waals surface area contributed by atoms with Gasteiger partial charge in [0.05, 0.1) is 42.4 Å². The summed E-state index contributed by atoms with van der Waals surface area (Å²) in [6.45, 7) is 0.791. The molecule has 0 radical (unpaired) electrons. The average Bonchev–Trinajstić information content (AvgIpc) is 2.68. The zero-order chi connectivity index (χ0) is 20.4. The molecule has 0 aromatic heterocycles. The standard InChI is InChI=1S/C20H21BrN2O5/c1-22-6-5-12-9-19(27-3)20(28-4)10-14(12)17(22)8-13-7-15(21)18(26-2)11-16(13)23(24)25/h7-11H,5-6H2,1-4H3/b17-8-. The van der Waals surface area contributed by atoms with Gasteiger partial charge in [0.15, 0.2) is 11.5 Å². The van der Waals surface area contributed by atoms with Gasteiger partial charge in [-0.25, -0.2) is 0 Å². The lowest BCUT2D eigenvalue weighted by Gasteiger charge is -2.31. The maximum Gasteiger partial charge on any atom is 0.280 e. The molecule has 1 aliphatic rings. The number of fused-ring (bicyclic) bond motifs is 1. The monoisotopic (exact) mass is 448 g/mol. The molecule has 0 spiro atoms. The van der Waals surface area contributed by atoms with Crippen LogP contribution in [0.4, 0.5) is 5.69 Å². The highest BCUT2D eigenvalue weighted by atomic mass is 79.9. The second-order valence-corrected chi connectivity index (χ2v) is 7.22. The van der Waals surface area contributed by atoms with Crippen molar-refractivity contribution in [2.45, 2.75) is 6.42 Å². The van der Waals surface area contributed by atoms with Gasteiger partial charge < -0.3 is 19.1 Å². The first kappa shape index (κ1) is 20.0. The van der Waals surface area contributed by atoms with Crippen molar-refractivity contribution < 1.29 is 19.1 Å². The Balaban J connectivity index is 2.21. The molecular weight excluding hydrogens is 428 g/mol. The van der Waals surface area contributed by atoms with Crippen LogP contribution in [0, 0.1) is 10.1 Å². The van der Waals surface area contributed by atoms with E-state index in [1.165, 1.54) is 13.2 Å². The van der Waals surface area contributed by atoms with Crippen LogP contribution in [0.1, 0.15) is 16.7 Å². The topological polar surface area (TPSA) is 74.1 Å². The second-order valence-electron chi connectivity index (χ2n) is 6.37. The number of hydrogen-bond donors (Lipinski definition) is 0. The summed E-state index contributed by atoms with van der Waals surface area (Å²) in [6.07, 6.45) is 2.67. The van der Waals surface area contributed by atoms with Crippen LogP contribution in [0.25, 0.3) is 11.8 Å². The number of nitrogens with zero attached hydrogens (tertiary/aromatic N) is 2. The molecule has 2 aromatic rings. The van der Waals surface area contributed by atoms with Crippen LogP contribution < -0.4 is 14.2 Å². The van der Waals surface area contributed by atoms with E-state index in [1.807, 2.05) is 25.3 Å². The molecule has 0 N–H and O–H groups in total. The van der Waals surface area contributed by atoms with Crippen molar-refractivity contribution in [3.05, 3.63) is 55.5 Å². The Morgan fingerprint density at radius 3 is 2.32 bits per heavy atom. The maximum absolute atomic E-state index is 11.6. The minimum atomic E-state index is -0.403. The van der Waals surface area contributed by atoms with Gasteiger partial charge in [-0.2, -0.15) is 0 Å². The van der Waals surface area contributed by atoms with Gasteiger partial charge in [-0.05, 0) is 52.2 Å². The van der Waals surface area contributed by atoms with Crippen LogP contribution >= 0.6 is 15.9 Å². The minimum Gasteiger partial charge on any atom is -0.495 e. The first-order chi connectivity index (χ1) is 13.4. The van der Waals surface area contributed by atoms with E-state index in [1.54, 1.807) is 20.3 Å². The largest absolute Gasteiger partial charge is 0.495 e. The van der Waals surface area contributed by atoms with Crippen molar-refractivity contribution in [2.24, 2.45) is 0 Å². The molecule has 7 nitrogen and oxygen atoms in total. The molecule has 0 aliphatic carbocycles. The van der Waals surface area contributed by atoms with Crippen LogP contribution in [0.15, 0.2) is 28.7 Å². The average molecular weight is 449 g/mol. The second kappa shape index (κ2) is 8.10. The molecule has 0 saturated heterocycles. The Hall–Kier alpha value is -2.74. The number of halogens is 1. The number of ether oxygens (including phenoxy) is 3. The van der Waals surface area contributed by atoms with Gasteiger partial charge in [-0.1, -0.05) is 0 Å². The number of rotatable bonds is 5. The summed E-state index contributed by atoms with van der Waals surface area (Å²) in [6, 6.07) is 7.01. The van der Waals surface area contributed by atoms with Crippen LogP contribution in [0.5, 0.6) is 17.2 Å². The first-order valence-corrected chi connectivity index (χ1v) is 9.39. The Bertz CT molecular complexity index is 958. The molecule has 0 unspecified atom stereocenters. The van der Waals surface area contributed by atoms with Gasteiger partial charge in [0.2, 0.25) is 0 Å². The molecule has 3 rings (SSSR count). The lowest BCUT2D eigenvalue weighted by Crippen LogP contribution is -2.25. The summed E-state index contributed by atoms with van der Waals surface area (Å²) in [5, 5.41) is 11.6. The summed E-state index contributed by atoms with van der Waals surface area (Å²) < 4.78 is 16.7. The summed E-state index contributed by atoms with van der Waals surface area (Å²) in [7, 11) is 6.64. The van der Waals surface area contributed by atoms with E-state index in [4.69, 9.17) is 14.2 Å². The van der Waals surface area contributed by atoms with Gasteiger partial charge in [0.1, 0.15) is 5.75 Å². The van der Waals surface area contributed by atoms with E-state index in [2.05, 4.69) is 20.8 Å². The van der Waals surface area contributed by atoms with Gasteiger partial charge >= 0.3 is 0 Å². The summed E-state index contributed by atoms with van der Waals surface area (Å²) in [4.78, 5) is 13.3. The number of nitro groups is 1.